The molecule has 6 nitrogen and oxygen atoms in total. The van der Waals surface area contributed by atoms with Gasteiger partial charge in [0.05, 0.1) is 5.69 Å². The van der Waals surface area contributed by atoms with Crippen molar-refractivity contribution in [1.29, 1.82) is 0 Å². The van der Waals surface area contributed by atoms with E-state index in [2.05, 4.69) is 4.74 Å². The fraction of sp³-hybridized carbons (Fsp3) is 0.278. The minimum Gasteiger partial charge on any atom is -0.449 e. The summed E-state index contributed by atoms with van der Waals surface area (Å²) in [6.45, 7) is 3.77. The van der Waals surface area contributed by atoms with Crippen LogP contribution in [0.2, 0.25) is 0 Å². The van der Waals surface area contributed by atoms with Crippen molar-refractivity contribution in [2.75, 3.05) is 0 Å². The number of benzene rings is 1. The van der Waals surface area contributed by atoms with Gasteiger partial charge in [0, 0.05) is 17.8 Å². The second-order valence-electron chi connectivity index (χ2n) is 6.31. The first-order valence-corrected chi connectivity index (χ1v) is 7.70. The van der Waals surface area contributed by atoms with Crippen LogP contribution >= 0.6 is 0 Å². The van der Waals surface area contributed by atoms with Gasteiger partial charge in [-0.2, -0.15) is 0 Å². The summed E-state index contributed by atoms with van der Waals surface area (Å²) in [6, 6.07) is 8.42. The summed E-state index contributed by atoms with van der Waals surface area (Å²) in [5.74, 6) is -1.86. The van der Waals surface area contributed by atoms with Crippen molar-refractivity contribution in [3.63, 3.8) is 0 Å². The molecule has 1 aromatic carbocycles. The summed E-state index contributed by atoms with van der Waals surface area (Å²) in [7, 11) is 0. The maximum absolute atomic E-state index is 13.0. The molecule has 0 saturated carbocycles. The molecule has 1 aromatic heterocycles. The van der Waals surface area contributed by atoms with Crippen LogP contribution < -0.4 is 0 Å². The lowest BCUT2D eigenvalue weighted by Crippen LogP contribution is -2.38. The number of carbonyl (C=O) groups excluding carboxylic acids is 2. The molecule has 3 rings (SSSR count). The van der Waals surface area contributed by atoms with E-state index in [-0.39, 0.29) is 11.7 Å². The molecule has 1 aliphatic heterocycles. The zero-order chi connectivity index (χ0) is 18.4. The van der Waals surface area contributed by atoms with Crippen LogP contribution in [0, 0.1) is 11.7 Å². The van der Waals surface area contributed by atoms with Gasteiger partial charge in [0.15, 0.2) is 0 Å². The molecular weight excluding hydrogens is 329 g/mol. The van der Waals surface area contributed by atoms with Crippen molar-refractivity contribution in [2.24, 2.45) is 5.92 Å². The molecule has 1 N–H and O–H groups in total. The Balaban J connectivity index is 2.00. The van der Waals surface area contributed by atoms with Gasteiger partial charge in [0.25, 0.3) is 0 Å². The van der Waals surface area contributed by atoms with E-state index in [0.717, 1.165) is 0 Å². The Labute approximate surface area is 142 Å². The molecule has 0 spiro atoms. The average molecular weight is 345 g/mol. The predicted octanol–water partition coefficient (Wildman–Crippen LogP) is 2.99. The Morgan fingerprint density at radius 3 is 2.44 bits per heavy atom. The molecule has 0 amide bonds. The second kappa shape index (κ2) is 5.84. The number of fused-ring (bicyclic) bond motifs is 1. The third kappa shape index (κ3) is 2.61. The van der Waals surface area contributed by atoms with Gasteiger partial charge >= 0.3 is 12.1 Å². The van der Waals surface area contributed by atoms with E-state index >= 15 is 0 Å². The fourth-order valence-corrected chi connectivity index (χ4v) is 3.27. The zero-order valence-electron chi connectivity index (χ0n) is 13.7. The fourth-order valence-electron chi connectivity index (χ4n) is 3.27. The molecule has 2 heterocycles. The maximum atomic E-state index is 13.0. The van der Waals surface area contributed by atoms with E-state index in [4.69, 9.17) is 5.11 Å². The number of rotatable bonds is 3. The van der Waals surface area contributed by atoms with E-state index in [0.29, 0.717) is 23.5 Å². The Morgan fingerprint density at radius 1 is 1.20 bits per heavy atom. The number of carboxylic acid groups (broad SMARTS) is 1. The zero-order valence-corrected chi connectivity index (χ0v) is 13.7. The highest BCUT2D eigenvalue weighted by atomic mass is 19.1. The average Bonchev–Trinajstić information content (AvgIpc) is 3.07. The Morgan fingerprint density at radius 2 is 1.84 bits per heavy atom. The third-order valence-corrected chi connectivity index (χ3v) is 4.90. The van der Waals surface area contributed by atoms with Gasteiger partial charge in [0.1, 0.15) is 11.2 Å². The summed E-state index contributed by atoms with van der Waals surface area (Å²) in [5.41, 5.74) is 0.0494. The minimum atomic E-state index is -1.66. The highest BCUT2D eigenvalue weighted by Crippen LogP contribution is 2.42. The van der Waals surface area contributed by atoms with Crippen molar-refractivity contribution >= 4 is 17.9 Å². The summed E-state index contributed by atoms with van der Waals surface area (Å²) < 4.78 is 19.1. The quantitative estimate of drug-likeness (QED) is 0.525. The number of hydrogen-bond donors (Lipinski definition) is 1. The van der Waals surface area contributed by atoms with Gasteiger partial charge in [0.2, 0.25) is 5.78 Å². The van der Waals surface area contributed by atoms with Crippen molar-refractivity contribution in [3.05, 3.63) is 59.2 Å². The highest BCUT2D eigenvalue weighted by molar-refractivity contribution is 6.08. The maximum Gasteiger partial charge on any atom is 0.513 e. The molecule has 0 radical (unpaired) electrons. The van der Waals surface area contributed by atoms with Gasteiger partial charge in [-0.05, 0) is 49.2 Å². The van der Waals surface area contributed by atoms with Crippen LogP contribution in [0.3, 0.4) is 0 Å². The highest BCUT2D eigenvalue weighted by Gasteiger charge is 2.50. The van der Waals surface area contributed by atoms with E-state index in [1.807, 2.05) is 0 Å². The van der Waals surface area contributed by atoms with Crippen LogP contribution in [0.25, 0.3) is 0 Å². The van der Waals surface area contributed by atoms with Crippen LogP contribution in [0.4, 0.5) is 9.18 Å². The third-order valence-electron chi connectivity index (χ3n) is 4.90. The van der Waals surface area contributed by atoms with Crippen LogP contribution in [0.5, 0.6) is 0 Å². The summed E-state index contributed by atoms with van der Waals surface area (Å²) in [5, 5.41) is 8.72. The molecule has 2 unspecified atom stereocenters. The molecule has 0 saturated heterocycles. The number of hydrogen-bond acceptors (Lipinski definition) is 4. The lowest BCUT2D eigenvalue weighted by Gasteiger charge is -2.24. The minimum absolute atomic E-state index is 0.254. The summed E-state index contributed by atoms with van der Waals surface area (Å²) in [4.78, 5) is 35.7. The molecule has 7 heteroatoms. The molecule has 2 aromatic rings. The van der Waals surface area contributed by atoms with E-state index < -0.39 is 23.4 Å². The molecular formula is C18H16FNO5. The van der Waals surface area contributed by atoms with Crippen LogP contribution in [0.15, 0.2) is 36.4 Å². The smallest absolute Gasteiger partial charge is 0.449 e. The molecule has 1 aliphatic rings. The number of halogens is 1. The van der Waals surface area contributed by atoms with E-state index in [1.54, 1.807) is 30.5 Å². The number of ether oxygens (including phenoxy) is 1. The molecule has 2 atom stereocenters. The lowest BCUT2D eigenvalue weighted by molar-refractivity contribution is -0.146. The summed E-state index contributed by atoms with van der Waals surface area (Å²) in [6.07, 6.45) is -1.66. The van der Waals surface area contributed by atoms with Gasteiger partial charge in [-0.15, -0.1) is 0 Å². The predicted molar refractivity (Wildman–Crippen MR) is 84.9 cm³/mol. The second-order valence-corrected chi connectivity index (χ2v) is 6.31. The normalized spacial score (nSPS) is 21.6. The van der Waals surface area contributed by atoms with Crippen molar-refractivity contribution in [3.8, 4) is 0 Å². The van der Waals surface area contributed by atoms with Crippen LogP contribution in [0.1, 0.15) is 35.6 Å². The number of ketones is 1. The monoisotopic (exact) mass is 345 g/mol. The Kier molecular flexibility index (Phi) is 3.94. The van der Waals surface area contributed by atoms with Gasteiger partial charge in [-0.1, -0.05) is 6.92 Å². The van der Waals surface area contributed by atoms with E-state index in [1.165, 1.54) is 24.3 Å². The topological polar surface area (TPSA) is 85.6 Å². The first-order valence-electron chi connectivity index (χ1n) is 7.70. The standard InChI is InChI=1S/C18H16FNO5/c1-10-9-20-13(15(21)11-3-5-12(19)6-4-11)7-8-14(20)18(10,2)16(22)25-17(23)24/h3-8,10H,9H2,1-2H3,(H,23,24). The largest absolute Gasteiger partial charge is 0.513 e. The van der Waals surface area contributed by atoms with Crippen molar-refractivity contribution in [1.82, 2.24) is 4.57 Å². The first-order chi connectivity index (χ1) is 11.7. The van der Waals surface area contributed by atoms with Gasteiger partial charge < -0.3 is 14.4 Å². The molecule has 0 bridgehead atoms. The number of aromatic nitrogens is 1. The SMILES string of the molecule is CC1Cn2c(C(=O)c3ccc(F)cc3)ccc2C1(C)C(=O)OC(=O)O. The molecule has 0 aliphatic carbocycles. The number of carbonyl (C=O) groups is 3. The van der Waals surface area contributed by atoms with Crippen LogP contribution in [-0.4, -0.2) is 27.6 Å². The van der Waals surface area contributed by atoms with Crippen molar-refractivity contribution < 1.29 is 28.6 Å². The Hall–Kier alpha value is -2.96. The summed E-state index contributed by atoms with van der Waals surface area (Å²) >= 11 is 0. The van der Waals surface area contributed by atoms with E-state index in [9.17, 15) is 18.8 Å². The Bertz CT molecular complexity index is 870. The number of nitrogens with zero attached hydrogens (tertiary/aromatic N) is 1. The van der Waals surface area contributed by atoms with Crippen LogP contribution in [-0.2, 0) is 21.5 Å². The lowest BCUT2D eigenvalue weighted by atomic mass is 9.78. The molecule has 25 heavy (non-hydrogen) atoms. The van der Waals surface area contributed by atoms with Gasteiger partial charge in [-0.25, -0.2) is 9.18 Å². The molecule has 0 fully saturated rings. The number of esters is 1. The first kappa shape index (κ1) is 16.9. The molecule has 130 valence electrons. The van der Waals surface area contributed by atoms with Gasteiger partial charge in [-0.3, -0.25) is 9.59 Å². The van der Waals surface area contributed by atoms with Crippen molar-refractivity contribution in [2.45, 2.75) is 25.8 Å².